The van der Waals surface area contributed by atoms with E-state index in [0.29, 0.717) is 5.92 Å². The average Bonchev–Trinajstić information content (AvgIpc) is 1.97. The van der Waals surface area contributed by atoms with Crippen LogP contribution in [0.5, 0.6) is 0 Å². The molecular formula is C9H18O2. The minimum atomic E-state index is -0.520. The summed E-state index contributed by atoms with van der Waals surface area (Å²) in [7, 11) is 0. The lowest BCUT2D eigenvalue weighted by molar-refractivity contribution is -0.0859. The van der Waals surface area contributed by atoms with Gasteiger partial charge in [0.05, 0.1) is 12.2 Å². The largest absolute Gasteiger partial charge is 0.390 e. The summed E-state index contributed by atoms with van der Waals surface area (Å²) in [6, 6.07) is 0. The molecule has 2 nitrogen and oxygen atoms in total. The van der Waals surface area contributed by atoms with Gasteiger partial charge in [-0.05, 0) is 24.2 Å². The zero-order valence-corrected chi connectivity index (χ0v) is 7.49. The smallest absolute Gasteiger partial charge is 0.0829 e. The summed E-state index contributed by atoms with van der Waals surface area (Å²) < 4.78 is 0. The Morgan fingerprint density at radius 3 is 2.00 bits per heavy atom. The maximum atomic E-state index is 9.54. The van der Waals surface area contributed by atoms with Gasteiger partial charge in [0, 0.05) is 0 Å². The van der Waals surface area contributed by atoms with E-state index in [1.807, 2.05) is 13.8 Å². The second-order valence-electron chi connectivity index (χ2n) is 4.03. The standard InChI is InChI=1S/C9H18O2/c1-5-4-6(2)8(10)9(11)7(5)3/h5-11H,4H2,1-3H3/t5-,6+,7+,8+,9-/m0/s1. The summed E-state index contributed by atoms with van der Waals surface area (Å²) in [5, 5.41) is 19.0. The summed E-state index contributed by atoms with van der Waals surface area (Å²) in [6.07, 6.45) is -0.00528. The lowest BCUT2D eigenvalue weighted by Crippen LogP contribution is -2.44. The van der Waals surface area contributed by atoms with Gasteiger partial charge in [0.2, 0.25) is 0 Å². The lowest BCUT2D eigenvalue weighted by Gasteiger charge is -2.38. The van der Waals surface area contributed by atoms with Crippen LogP contribution in [-0.2, 0) is 0 Å². The van der Waals surface area contributed by atoms with Crippen LogP contribution in [0.4, 0.5) is 0 Å². The van der Waals surface area contributed by atoms with Crippen molar-refractivity contribution in [1.29, 1.82) is 0 Å². The van der Waals surface area contributed by atoms with Crippen LogP contribution in [0.15, 0.2) is 0 Å². The highest BCUT2D eigenvalue weighted by atomic mass is 16.3. The molecule has 1 rings (SSSR count). The first-order chi connectivity index (χ1) is 5.04. The Morgan fingerprint density at radius 1 is 0.909 bits per heavy atom. The Balaban J connectivity index is 2.63. The molecule has 0 radical (unpaired) electrons. The van der Waals surface area contributed by atoms with E-state index < -0.39 is 12.2 Å². The van der Waals surface area contributed by atoms with Crippen LogP contribution in [0.25, 0.3) is 0 Å². The van der Waals surface area contributed by atoms with E-state index >= 15 is 0 Å². The van der Waals surface area contributed by atoms with Crippen molar-refractivity contribution < 1.29 is 10.2 Å². The van der Waals surface area contributed by atoms with Crippen molar-refractivity contribution in [2.75, 3.05) is 0 Å². The van der Waals surface area contributed by atoms with Gasteiger partial charge in [-0.2, -0.15) is 0 Å². The molecule has 0 amide bonds. The highest BCUT2D eigenvalue weighted by molar-refractivity contribution is 4.86. The number of rotatable bonds is 0. The molecule has 5 atom stereocenters. The maximum absolute atomic E-state index is 9.54. The Bertz CT molecular complexity index is 122. The van der Waals surface area contributed by atoms with Crippen LogP contribution >= 0.6 is 0 Å². The molecule has 0 aromatic carbocycles. The van der Waals surface area contributed by atoms with E-state index in [2.05, 4.69) is 6.92 Å². The number of aliphatic hydroxyl groups is 2. The minimum Gasteiger partial charge on any atom is -0.390 e. The van der Waals surface area contributed by atoms with Crippen LogP contribution in [0, 0.1) is 17.8 Å². The molecule has 0 heterocycles. The van der Waals surface area contributed by atoms with Gasteiger partial charge in [-0.1, -0.05) is 20.8 Å². The topological polar surface area (TPSA) is 40.5 Å². The fourth-order valence-corrected chi connectivity index (χ4v) is 1.92. The predicted molar refractivity (Wildman–Crippen MR) is 44.1 cm³/mol. The molecule has 11 heavy (non-hydrogen) atoms. The van der Waals surface area contributed by atoms with Gasteiger partial charge < -0.3 is 10.2 Å². The predicted octanol–water partition coefficient (Wildman–Crippen LogP) is 1.02. The SMILES string of the molecule is C[C@H]1[C@H](O)[C@H](O)[C@H](C)C[C@@H]1C. The summed E-state index contributed by atoms with van der Waals surface area (Å²) in [5.41, 5.74) is 0. The molecule has 0 aromatic rings. The third kappa shape index (κ3) is 1.57. The van der Waals surface area contributed by atoms with Gasteiger partial charge in [0.1, 0.15) is 0 Å². The molecule has 1 fully saturated rings. The van der Waals surface area contributed by atoms with Gasteiger partial charge in [-0.25, -0.2) is 0 Å². The molecule has 0 bridgehead atoms. The fraction of sp³-hybridized carbons (Fsp3) is 1.00. The molecular weight excluding hydrogens is 140 g/mol. The molecule has 1 saturated carbocycles. The second kappa shape index (κ2) is 3.11. The Labute approximate surface area is 68.2 Å². The summed E-state index contributed by atoms with van der Waals surface area (Å²) >= 11 is 0. The molecule has 1 aliphatic carbocycles. The van der Waals surface area contributed by atoms with Crippen LogP contribution < -0.4 is 0 Å². The third-order valence-corrected chi connectivity index (χ3v) is 3.11. The van der Waals surface area contributed by atoms with Gasteiger partial charge in [-0.15, -0.1) is 0 Å². The third-order valence-electron chi connectivity index (χ3n) is 3.11. The molecule has 0 aromatic heterocycles. The molecule has 0 saturated heterocycles. The van der Waals surface area contributed by atoms with Crippen LogP contribution in [-0.4, -0.2) is 22.4 Å². The molecule has 2 N–H and O–H groups in total. The summed E-state index contributed by atoms with van der Waals surface area (Å²) in [5.74, 6) is 1.01. The molecule has 66 valence electrons. The number of aliphatic hydroxyl groups excluding tert-OH is 2. The van der Waals surface area contributed by atoms with Crippen molar-refractivity contribution in [3.8, 4) is 0 Å². The van der Waals surface area contributed by atoms with E-state index in [1.165, 1.54) is 0 Å². The maximum Gasteiger partial charge on any atom is 0.0829 e. The Hall–Kier alpha value is -0.0800. The van der Waals surface area contributed by atoms with E-state index in [4.69, 9.17) is 0 Å². The van der Waals surface area contributed by atoms with E-state index in [-0.39, 0.29) is 11.8 Å². The first-order valence-electron chi connectivity index (χ1n) is 4.40. The van der Waals surface area contributed by atoms with E-state index in [1.54, 1.807) is 0 Å². The van der Waals surface area contributed by atoms with Gasteiger partial charge in [0.25, 0.3) is 0 Å². The normalized spacial score (nSPS) is 52.6. The first kappa shape index (κ1) is 9.01. The summed E-state index contributed by atoms with van der Waals surface area (Å²) in [6.45, 7) is 6.14. The molecule has 0 spiro atoms. The van der Waals surface area contributed by atoms with Crippen LogP contribution in [0.3, 0.4) is 0 Å². The second-order valence-corrected chi connectivity index (χ2v) is 4.03. The Kier molecular flexibility index (Phi) is 2.55. The molecule has 0 unspecified atom stereocenters. The minimum absolute atomic E-state index is 0.237. The first-order valence-corrected chi connectivity index (χ1v) is 4.40. The van der Waals surface area contributed by atoms with Crippen LogP contribution in [0.1, 0.15) is 27.2 Å². The van der Waals surface area contributed by atoms with E-state index in [0.717, 1.165) is 6.42 Å². The van der Waals surface area contributed by atoms with Crippen molar-refractivity contribution in [3.05, 3.63) is 0 Å². The highest BCUT2D eigenvalue weighted by Gasteiger charge is 2.36. The van der Waals surface area contributed by atoms with Gasteiger partial charge >= 0.3 is 0 Å². The lowest BCUT2D eigenvalue weighted by atomic mass is 9.73. The Morgan fingerprint density at radius 2 is 1.45 bits per heavy atom. The van der Waals surface area contributed by atoms with Crippen LogP contribution in [0.2, 0.25) is 0 Å². The molecule has 1 aliphatic rings. The van der Waals surface area contributed by atoms with Gasteiger partial charge in [0.15, 0.2) is 0 Å². The zero-order chi connectivity index (χ0) is 8.59. The van der Waals surface area contributed by atoms with Gasteiger partial charge in [-0.3, -0.25) is 0 Å². The van der Waals surface area contributed by atoms with Crippen molar-refractivity contribution in [2.24, 2.45) is 17.8 Å². The molecule has 0 aliphatic heterocycles. The number of hydrogen-bond acceptors (Lipinski definition) is 2. The zero-order valence-electron chi connectivity index (χ0n) is 7.49. The average molecular weight is 158 g/mol. The number of hydrogen-bond donors (Lipinski definition) is 2. The van der Waals surface area contributed by atoms with Crippen molar-refractivity contribution >= 4 is 0 Å². The molecule has 2 heteroatoms. The van der Waals surface area contributed by atoms with E-state index in [9.17, 15) is 10.2 Å². The van der Waals surface area contributed by atoms with Crippen molar-refractivity contribution in [2.45, 2.75) is 39.4 Å². The quantitative estimate of drug-likeness (QED) is 0.552. The summed E-state index contributed by atoms with van der Waals surface area (Å²) in [4.78, 5) is 0. The monoisotopic (exact) mass is 158 g/mol. The highest BCUT2D eigenvalue weighted by Crippen LogP contribution is 2.33. The van der Waals surface area contributed by atoms with Crippen molar-refractivity contribution in [1.82, 2.24) is 0 Å². The van der Waals surface area contributed by atoms with Crippen molar-refractivity contribution in [3.63, 3.8) is 0 Å². The fourth-order valence-electron chi connectivity index (χ4n) is 1.92.